The zero-order valence-corrected chi connectivity index (χ0v) is 19.3. The van der Waals surface area contributed by atoms with Gasteiger partial charge in [-0.15, -0.1) is 13.2 Å². The van der Waals surface area contributed by atoms with E-state index in [0.717, 1.165) is 24.3 Å². The Morgan fingerprint density at radius 3 is 2.34 bits per heavy atom. The maximum absolute atomic E-state index is 14.5. The van der Waals surface area contributed by atoms with E-state index in [4.69, 9.17) is 28.6 Å². The summed E-state index contributed by atoms with van der Waals surface area (Å²) < 4.78 is 57.7. The maximum Gasteiger partial charge on any atom is 0.573 e. The average Bonchev–Trinajstić information content (AvgIpc) is 2.75. The molecule has 0 saturated heterocycles. The van der Waals surface area contributed by atoms with Crippen molar-refractivity contribution in [1.82, 2.24) is 4.98 Å². The van der Waals surface area contributed by atoms with E-state index in [1.165, 1.54) is 31.3 Å². The van der Waals surface area contributed by atoms with Crippen molar-refractivity contribution in [3.8, 4) is 5.75 Å². The lowest BCUT2D eigenvalue weighted by Crippen LogP contribution is -2.22. The molecule has 0 aliphatic rings. The minimum Gasteiger partial charge on any atom is -0.405 e. The van der Waals surface area contributed by atoms with Gasteiger partial charge in [-0.25, -0.2) is 9.37 Å². The number of ether oxygens (including phenoxy) is 1. The van der Waals surface area contributed by atoms with Gasteiger partial charge in [-0.1, -0.05) is 29.3 Å². The van der Waals surface area contributed by atoms with E-state index in [0.29, 0.717) is 0 Å². The molecular weight excluding hydrogens is 513 g/mol. The number of Topliss-reactive ketones (excluding diaryl/α,β-unsaturated/α-hetero) is 1. The van der Waals surface area contributed by atoms with Gasteiger partial charge in [0.25, 0.3) is 5.91 Å². The van der Waals surface area contributed by atoms with Crippen LogP contribution in [-0.2, 0) is 6.42 Å². The Balaban J connectivity index is 2.04. The summed E-state index contributed by atoms with van der Waals surface area (Å²) in [7, 11) is 0. The molecule has 6 nitrogen and oxygen atoms in total. The SMILES string of the molecule is CC(=N)c1ccc(C(=O)Cc2c(OC(F)(F)F)cc(Cl)cc2C(=O)Nc2ccc(Cl)cn2)c(F)c1. The van der Waals surface area contributed by atoms with Crippen LogP contribution in [0.2, 0.25) is 10.0 Å². The number of aromatic nitrogens is 1. The molecule has 1 aromatic heterocycles. The van der Waals surface area contributed by atoms with Gasteiger partial charge in [0.2, 0.25) is 0 Å². The van der Waals surface area contributed by atoms with Crippen LogP contribution in [0.4, 0.5) is 23.4 Å². The van der Waals surface area contributed by atoms with E-state index < -0.39 is 52.7 Å². The van der Waals surface area contributed by atoms with Crippen LogP contribution in [0.1, 0.15) is 38.8 Å². The van der Waals surface area contributed by atoms with Gasteiger partial charge in [0.05, 0.1) is 10.6 Å². The number of ketones is 1. The number of alkyl halides is 3. The number of carbonyl (C=O) groups excluding carboxylic acids is 2. The van der Waals surface area contributed by atoms with Gasteiger partial charge in [-0.3, -0.25) is 9.59 Å². The number of nitrogens with zero attached hydrogens (tertiary/aromatic N) is 1. The van der Waals surface area contributed by atoms with Crippen molar-refractivity contribution >= 4 is 46.4 Å². The minimum atomic E-state index is -5.16. The molecular formula is C23H15Cl2F4N3O3. The van der Waals surface area contributed by atoms with Crippen LogP contribution in [0, 0.1) is 11.2 Å². The van der Waals surface area contributed by atoms with Crippen molar-refractivity contribution < 1.29 is 31.9 Å². The van der Waals surface area contributed by atoms with Crippen molar-refractivity contribution in [1.29, 1.82) is 5.41 Å². The number of hydrogen-bond donors (Lipinski definition) is 2. The Bertz CT molecular complexity index is 1310. The quantitative estimate of drug-likeness (QED) is 0.208. The lowest BCUT2D eigenvalue weighted by atomic mass is 9.96. The first-order valence-electron chi connectivity index (χ1n) is 9.73. The highest BCUT2D eigenvalue weighted by molar-refractivity contribution is 6.31. The Hall–Kier alpha value is -3.50. The van der Waals surface area contributed by atoms with E-state index in [-0.39, 0.29) is 27.1 Å². The maximum atomic E-state index is 14.5. The molecule has 0 unspecified atom stereocenters. The van der Waals surface area contributed by atoms with E-state index in [9.17, 15) is 27.2 Å². The first kappa shape index (κ1) is 26.1. The standard InChI is InChI=1S/C23H15Cl2F4N3O3/c1-11(30)12-2-4-15(18(26)6-12)19(33)9-16-17(7-14(25)8-20(16)35-23(27,28)29)22(34)32-21-5-3-13(24)10-31-21/h2-8,10,30H,9H2,1H3,(H,31,32,34). The second-order valence-electron chi connectivity index (χ2n) is 7.21. The molecule has 0 spiro atoms. The molecule has 35 heavy (non-hydrogen) atoms. The molecule has 182 valence electrons. The van der Waals surface area contributed by atoms with Gasteiger partial charge in [-0.05, 0) is 48.9 Å². The van der Waals surface area contributed by atoms with Gasteiger partial charge in [0.15, 0.2) is 5.78 Å². The number of nitrogens with one attached hydrogen (secondary N) is 2. The number of hydrogen-bond acceptors (Lipinski definition) is 5. The summed E-state index contributed by atoms with van der Waals surface area (Å²) in [6.45, 7) is 1.42. The lowest BCUT2D eigenvalue weighted by Gasteiger charge is -2.17. The van der Waals surface area contributed by atoms with Crippen molar-refractivity contribution in [2.24, 2.45) is 0 Å². The van der Waals surface area contributed by atoms with Crippen LogP contribution >= 0.6 is 23.2 Å². The zero-order valence-electron chi connectivity index (χ0n) is 17.8. The topological polar surface area (TPSA) is 92.1 Å². The number of rotatable bonds is 7. The zero-order chi connectivity index (χ0) is 25.9. The van der Waals surface area contributed by atoms with E-state index in [1.807, 2.05) is 0 Å². The fourth-order valence-electron chi connectivity index (χ4n) is 3.08. The highest BCUT2D eigenvalue weighted by Crippen LogP contribution is 2.34. The van der Waals surface area contributed by atoms with E-state index in [1.54, 1.807) is 0 Å². The monoisotopic (exact) mass is 527 g/mol. The fraction of sp³-hybridized carbons (Fsp3) is 0.130. The van der Waals surface area contributed by atoms with Gasteiger partial charge in [-0.2, -0.15) is 0 Å². The number of amides is 1. The molecule has 3 rings (SSSR count). The normalized spacial score (nSPS) is 11.2. The first-order valence-corrected chi connectivity index (χ1v) is 10.5. The average molecular weight is 528 g/mol. The molecule has 1 heterocycles. The van der Waals surface area contributed by atoms with Gasteiger partial charge in [0, 0.05) is 34.5 Å². The van der Waals surface area contributed by atoms with Crippen LogP contribution in [0.5, 0.6) is 5.75 Å². The summed E-state index contributed by atoms with van der Waals surface area (Å²) in [6.07, 6.45) is -4.75. The van der Waals surface area contributed by atoms with Crippen LogP contribution in [-0.4, -0.2) is 28.7 Å². The van der Waals surface area contributed by atoms with Gasteiger partial charge in [0.1, 0.15) is 17.4 Å². The first-order chi connectivity index (χ1) is 16.3. The Morgan fingerprint density at radius 2 is 1.77 bits per heavy atom. The van der Waals surface area contributed by atoms with Crippen LogP contribution < -0.4 is 10.1 Å². The predicted octanol–water partition coefficient (Wildman–Crippen LogP) is 6.49. The molecule has 0 bridgehead atoms. The Morgan fingerprint density at radius 1 is 1.06 bits per heavy atom. The van der Waals surface area contributed by atoms with Crippen molar-refractivity contribution in [2.45, 2.75) is 19.7 Å². The molecule has 0 aliphatic carbocycles. The van der Waals surface area contributed by atoms with E-state index in [2.05, 4.69) is 15.0 Å². The Labute approximate surface area is 206 Å². The molecule has 0 saturated carbocycles. The van der Waals surface area contributed by atoms with Gasteiger partial charge >= 0.3 is 6.36 Å². The summed E-state index contributed by atoms with van der Waals surface area (Å²) in [6, 6.07) is 8.03. The third-order valence-corrected chi connectivity index (χ3v) is 5.09. The molecule has 0 aliphatic heterocycles. The van der Waals surface area contributed by atoms with Crippen LogP contribution in [0.25, 0.3) is 0 Å². The second-order valence-corrected chi connectivity index (χ2v) is 8.09. The van der Waals surface area contributed by atoms with Crippen molar-refractivity contribution in [3.05, 3.63) is 86.8 Å². The fourth-order valence-corrected chi connectivity index (χ4v) is 3.40. The number of halogens is 6. The highest BCUT2D eigenvalue weighted by atomic mass is 35.5. The summed E-state index contributed by atoms with van der Waals surface area (Å²) in [5.41, 5.74) is -1.03. The third kappa shape index (κ3) is 6.77. The summed E-state index contributed by atoms with van der Waals surface area (Å²) in [4.78, 5) is 29.7. The predicted molar refractivity (Wildman–Crippen MR) is 122 cm³/mol. The summed E-state index contributed by atoms with van der Waals surface area (Å²) >= 11 is 11.7. The lowest BCUT2D eigenvalue weighted by molar-refractivity contribution is -0.274. The summed E-state index contributed by atoms with van der Waals surface area (Å²) in [5.74, 6) is -3.70. The van der Waals surface area contributed by atoms with Crippen LogP contribution in [0.15, 0.2) is 48.7 Å². The molecule has 2 aromatic carbocycles. The Kier molecular flexibility index (Phi) is 7.76. The molecule has 3 aromatic rings. The molecule has 12 heteroatoms. The number of carbonyl (C=O) groups is 2. The van der Waals surface area contributed by atoms with Crippen LogP contribution in [0.3, 0.4) is 0 Å². The molecule has 0 fully saturated rings. The molecule has 0 atom stereocenters. The second kappa shape index (κ2) is 10.4. The molecule has 2 N–H and O–H groups in total. The number of benzene rings is 2. The smallest absolute Gasteiger partial charge is 0.405 e. The van der Waals surface area contributed by atoms with Crippen molar-refractivity contribution in [2.75, 3.05) is 5.32 Å². The highest BCUT2D eigenvalue weighted by Gasteiger charge is 2.34. The minimum absolute atomic E-state index is 0.0265. The number of anilines is 1. The third-order valence-electron chi connectivity index (χ3n) is 4.65. The van der Waals surface area contributed by atoms with Gasteiger partial charge < -0.3 is 15.5 Å². The summed E-state index contributed by atoms with van der Waals surface area (Å²) in [5, 5.41) is 9.94. The van der Waals surface area contributed by atoms with Crippen molar-refractivity contribution in [3.63, 3.8) is 0 Å². The number of pyridine rings is 1. The molecule has 1 amide bonds. The van der Waals surface area contributed by atoms with E-state index >= 15 is 0 Å². The molecule has 0 radical (unpaired) electrons. The largest absolute Gasteiger partial charge is 0.573 e.